The molecule has 0 saturated heterocycles. The zero-order valence-corrected chi connectivity index (χ0v) is 18.2. The van der Waals surface area contributed by atoms with Crippen molar-refractivity contribution in [2.75, 3.05) is 5.73 Å². The third kappa shape index (κ3) is 3.46. The molecule has 6 nitrogen and oxygen atoms in total. The van der Waals surface area contributed by atoms with Crippen molar-refractivity contribution in [2.24, 2.45) is 0 Å². The lowest BCUT2D eigenvalue weighted by atomic mass is 10.0. The Balaban J connectivity index is 1.68. The van der Waals surface area contributed by atoms with Gasteiger partial charge in [-0.05, 0) is 32.4 Å². The fourth-order valence-electron chi connectivity index (χ4n) is 4.00. The average Bonchev–Trinajstić information content (AvgIpc) is 2.79. The lowest BCUT2D eigenvalue weighted by Gasteiger charge is -2.13. The van der Waals surface area contributed by atoms with Crippen LogP contribution >= 0.6 is 0 Å². The molecule has 0 fully saturated rings. The topological polar surface area (TPSA) is 90.5 Å². The molecular weight excluding hydrogens is 396 g/mol. The van der Waals surface area contributed by atoms with Gasteiger partial charge in [0.1, 0.15) is 5.82 Å². The van der Waals surface area contributed by atoms with Crippen LogP contribution in [-0.2, 0) is 0 Å². The highest BCUT2D eigenvalue weighted by Crippen LogP contribution is 2.32. The molecule has 0 saturated carbocycles. The number of rotatable bonds is 3. The van der Waals surface area contributed by atoms with Gasteiger partial charge in [-0.3, -0.25) is 0 Å². The summed E-state index contributed by atoms with van der Waals surface area (Å²) in [7, 11) is 0. The van der Waals surface area contributed by atoms with Crippen LogP contribution in [0.3, 0.4) is 0 Å². The van der Waals surface area contributed by atoms with E-state index < -0.39 is 0 Å². The van der Waals surface area contributed by atoms with Gasteiger partial charge in [0, 0.05) is 16.5 Å². The van der Waals surface area contributed by atoms with Crippen molar-refractivity contribution in [3.8, 4) is 34.0 Å². The van der Waals surface area contributed by atoms with Crippen molar-refractivity contribution < 1.29 is 0 Å². The first-order valence-electron chi connectivity index (χ1n) is 10.4. The molecule has 2 N–H and O–H groups in total. The second kappa shape index (κ2) is 7.81. The predicted octanol–water partition coefficient (Wildman–Crippen LogP) is 5.32. The maximum atomic E-state index is 6.41. The van der Waals surface area contributed by atoms with Gasteiger partial charge in [-0.25, -0.2) is 24.9 Å². The molecule has 32 heavy (non-hydrogen) atoms. The molecular formula is C26H22N6. The molecule has 0 atom stereocenters. The first-order chi connectivity index (χ1) is 15.5. The highest BCUT2D eigenvalue weighted by atomic mass is 15.0. The molecule has 5 rings (SSSR count). The van der Waals surface area contributed by atoms with E-state index in [1.807, 2.05) is 87.5 Å². The van der Waals surface area contributed by atoms with Crippen molar-refractivity contribution in [2.45, 2.75) is 20.8 Å². The summed E-state index contributed by atoms with van der Waals surface area (Å²) in [6.07, 6.45) is 0. The molecule has 0 aliphatic carbocycles. The van der Waals surface area contributed by atoms with Crippen molar-refractivity contribution in [3.05, 3.63) is 83.7 Å². The van der Waals surface area contributed by atoms with Crippen LogP contribution in [0.2, 0.25) is 0 Å². The van der Waals surface area contributed by atoms with Crippen LogP contribution in [0, 0.1) is 20.8 Å². The first-order valence-corrected chi connectivity index (χ1v) is 10.4. The summed E-state index contributed by atoms with van der Waals surface area (Å²) in [5.74, 6) is 1.66. The molecule has 2 aromatic carbocycles. The molecule has 3 heterocycles. The van der Waals surface area contributed by atoms with E-state index in [1.165, 1.54) is 0 Å². The summed E-state index contributed by atoms with van der Waals surface area (Å²) in [5, 5.41) is 0.950. The Hall–Kier alpha value is -4.19. The number of anilines is 1. The van der Waals surface area contributed by atoms with Gasteiger partial charge in [0.2, 0.25) is 0 Å². The van der Waals surface area contributed by atoms with Crippen LogP contribution in [0.1, 0.15) is 17.0 Å². The average molecular weight is 419 g/mol. The van der Waals surface area contributed by atoms with Gasteiger partial charge >= 0.3 is 0 Å². The second-order valence-corrected chi connectivity index (χ2v) is 7.78. The fourth-order valence-corrected chi connectivity index (χ4v) is 4.00. The van der Waals surface area contributed by atoms with E-state index in [0.717, 1.165) is 39.0 Å². The number of nitrogens with zero attached hydrogens (tertiary/aromatic N) is 5. The van der Waals surface area contributed by atoms with E-state index in [4.69, 9.17) is 25.7 Å². The minimum Gasteiger partial charge on any atom is -0.383 e. The van der Waals surface area contributed by atoms with Gasteiger partial charge in [-0.15, -0.1) is 0 Å². The first kappa shape index (κ1) is 19.8. The van der Waals surface area contributed by atoms with Crippen molar-refractivity contribution in [3.63, 3.8) is 0 Å². The number of fused-ring (bicyclic) bond motifs is 1. The highest BCUT2D eigenvalue weighted by Gasteiger charge is 2.17. The highest BCUT2D eigenvalue weighted by molar-refractivity contribution is 5.87. The van der Waals surface area contributed by atoms with Crippen LogP contribution in [0.4, 0.5) is 5.82 Å². The van der Waals surface area contributed by atoms with Gasteiger partial charge in [0.05, 0.1) is 22.6 Å². The minimum atomic E-state index is 0.400. The molecule has 0 aliphatic heterocycles. The third-order valence-corrected chi connectivity index (χ3v) is 5.48. The molecule has 0 radical (unpaired) electrons. The Kier molecular flexibility index (Phi) is 4.82. The van der Waals surface area contributed by atoms with Crippen LogP contribution in [0.5, 0.6) is 0 Å². The number of hydrogen-bond acceptors (Lipinski definition) is 6. The summed E-state index contributed by atoms with van der Waals surface area (Å²) in [6.45, 7) is 5.96. The van der Waals surface area contributed by atoms with E-state index in [-0.39, 0.29) is 0 Å². The fraction of sp³-hybridized carbons (Fsp3) is 0.115. The predicted molar refractivity (Wildman–Crippen MR) is 128 cm³/mol. The maximum Gasteiger partial charge on any atom is 0.164 e. The number of nitrogen functional groups attached to an aromatic ring is 1. The second-order valence-electron chi connectivity index (χ2n) is 7.78. The van der Waals surface area contributed by atoms with E-state index >= 15 is 0 Å². The largest absolute Gasteiger partial charge is 0.383 e. The number of hydrogen-bond donors (Lipinski definition) is 1. The zero-order chi connectivity index (χ0) is 22.2. The van der Waals surface area contributed by atoms with Crippen molar-refractivity contribution in [1.82, 2.24) is 24.9 Å². The monoisotopic (exact) mass is 418 g/mol. The quantitative estimate of drug-likeness (QED) is 0.426. The molecule has 0 aliphatic rings. The van der Waals surface area contributed by atoms with Crippen molar-refractivity contribution >= 4 is 16.9 Å². The summed E-state index contributed by atoms with van der Waals surface area (Å²) in [6, 6.07) is 21.7. The van der Waals surface area contributed by atoms with Crippen LogP contribution in [-0.4, -0.2) is 24.9 Å². The van der Waals surface area contributed by atoms with Crippen LogP contribution < -0.4 is 5.73 Å². The lowest BCUT2D eigenvalue weighted by Crippen LogP contribution is -2.05. The van der Waals surface area contributed by atoms with Gasteiger partial charge in [0.15, 0.2) is 17.3 Å². The molecule has 0 amide bonds. The minimum absolute atomic E-state index is 0.400. The number of benzene rings is 2. The zero-order valence-electron chi connectivity index (χ0n) is 18.2. The van der Waals surface area contributed by atoms with E-state index in [1.54, 1.807) is 0 Å². The number of nitrogens with two attached hydrogens (primary N) is 1. The van der Waals surface area contributed by atoms with E-state index in [9.17, 15) is 0 Å². The Morgan fingerprint density at radius 1 is 0.625 bits per heavy atom. The molecule has 156 valence electrons. The SMILES string of the molecule is Cc1nc(-c2ccccc2)nc(N)c1-c1cc(C)c2c(C)nc(-c3ccccc3)nc2n1. The molecule has 0 bridgehead atoms. The van der Waals surface area contributed by atoms with Gasteiger partial charge in [-0.2, -0.15) is 0 Å². The summed E-state index contributed by atoms with van der Waals surface area (Å²) in [4.78, 5) is 23.6. The molecule has 6 heteroatoms. The van der Waals surface area contributed by atoms with E-state index in [0.29, 0.717) is 28.8 Å². The number of aromatic nitrogens is 5. The lowest BCUT2D eigenvalue weighted by molar-refractivity contribution is 1.10. The summed E-state index contributed by atoms with van der Waals surface area (Å²) >= 11 is 0. The number of pyridine rings is 1. The summed E-state index contributed by atoms with van der Waals surface area (Å²) in [5.41, 5.74) is 13.1. The molecule has 5 aromatic rings. The maximum absolute atomic E-state index is 6.41. The van der Waals surface area contributed by atoms with Crippen molar-refractivity contribution in [1.29, 1.82) is 0 Å². The molecule has 3 aromatic heterocycles. The summed E-state index contributed by atoms with van der Waals surface area (Å²) < 4.78 is 0. The third-order valence-electron chi connectivity index (χ3n) is 5.48. The normalized spacial score (nSPS) is 11.1. The molecule has 0 unspecified atom stereocenters. The van der Waals surface area contributed by atoms with Gasteiger partial charge in [0.25, 0.3) is 0 Å². The van der Waals surface area contributed by atoms with Crippen LogP contribution in [0.25, 0.3) is 45.1 Å². The van der Waals surface area contributed by atoms with E-state index in [2.05, 4.69) is 4.98 Å². The number of aryl methyl sites for hydroxylation is 3. The van der Waals surface area contributed by atoms with Gasteiger partial charge in [-0.1, -0.05) is 60.7 Å². The van der Waals surface area contributed by atoms with Crippen LogP contribution in [0.15, 0.2) is 66.7 Å². The molecule has 0 spiro atoms. The Labute approximate surface area is 186 Å². The Morgan fingerprint density at radius 2 is 1.19 bits per heavy atom. The van der Waals surface area contributed by atoms with Gasteiger partial charge < -0.3 is 5.73 Å². The standard InChI is InChI=1S/C26H22N6/c1-15-14-20(22-17(3)29-24(31-23(22)27)18-10-6-4-7-11-18)30-26-21(15)16(2)28-25(32-26)19-12-8-5-9-13-19/h4-14H,1-3H3,(H2,27,29,31). The smallest absolute Gasteiger partial charge is 0.164 e. The Bertz CT molecular complexity index is 1420. The Morgan fingerprint density at radius 3 is 1.78 bits per heavy atom.